The van der Waals surface area contributed by atoms with Gasteiger partial charge in [-0.25, -0.2) is 0 Å². The molecule has 1 aromatic carbocycles. The van der Waals surface area contributed by atoms with Gasteiger partial charge in [0.05, 0.1) is 0 Å². The van der Waals surface area contributed by atoms with Crippen LogP contribution in [0.15, 0.2) is 22.7 Å². The summed E-state index contributed by atoms with van der Waals surface area (Å²) < 4.78 is 1.03. The van der Waals surface area contributed by atoms with Crippen LogP contribution in [0.4, 0.5) is 0 Å². The molecule has 1 saturated carbocycles. The molecule has 1 fully saturated rings. The first kappa shape index (κ1) is 16.3. The van der Waals surface area contributed by atoms with E-state index in [0.717, 1.165) is 16.0 Å². The van der Waals surface area contributed by atoms with Gasteiger partial charge in [-0.15, -0.1) is 0 Å². The minimum absolute atomic E-state index is 0.271. The SMILES string of the molecule is CC(NCC1(N(C)C)CCCC1)c1ccc(Br)cc1Cl. The predicted octanol–water partition coefficient (Wildman–Crippen LogP) is 4.63. The summed E-state index contributed by atoms with van der Waals surface area (Å²) in [4.78, 5) is 2.39. The van der Waals surface area contributed by atoms with Crippen LogP contribution in [0.25, 0.3) is 0 Å². The molecule has 1 unspecified atom stereocenters. The van der Waals surface area contributed by atoms with E-state index in [4.69, 9.17) is 11.6 Å². The van der Waals surface area contributed by atoms with Crippen molar-refractivity contribution in [2.75, 3.05) is 20.6 Å². The third kappa shape index (κ3) is 3.56. The van der Waals surface area contributed by atoms with Crippen molar-refractivity contribution in [1.82, 2.24) is 10.2 Å². The van der Waals surface area contributed by atoms with Crippen LogP contribution < -0.4 is 5.32 Å². The number of benzene rings is 1. The van der Waals surface area contributed by atoms with Crippen molar-refractivity contribution in [1.29, 1.82) is 0 Å². The maximum atomic E-state index is 6.34. The van der Waals surface area contributed by atoms with Crippen LogP contribution in [0.1, 0.15) is 44.2 Å². The summed E-state index contributed by atoms with van der Waals surface area (Å²) in [5.41, 5.74) is 1.48. The van der Waals surface area contributed by atoms with E-state index >= 15 is 0 Å². The van der Waals surface area contributed by atoms with Gasteiger partial charge in [0.25, 0.3) is 0 Å². The fourth-order valence-electron chi connectivity index (χ4n) is 3.12. The van der Waals surface area contributed by atoms with Gasteiger partial charge in [-0.3, -0.25) is 0 Å². The van der Waals surface area contributed by atoms with E-state index in [0.29, 0.717) is 5.54 Å². The molecular formula is C16H24BrClN2. The van der Waals surface area contributed by atoms with Crippen LogP contribution in [0, 0.1) is 0 Å². The van der Waals surface area contributed by atoms with E-state index in [-0.39, 0.29) is 6.04 Å². The Morgan fingerprint density at radius 3 is 2.55 bits per heavy atom. The molecule has 112 valence electrons. The van der Waals surface area contributed by atoms with Gasteiger partial charge in [-0.05, 0) is 51.6 Å². The van der Waals surface area contributed by atoms with E-state index in [1.54, 1.807) is 0 Å². The monoisotopic (exact) mass is 358 g/mol. The normalized spacial score (nSPS) is 19.5. The summed E-state index contributed by atoms with van der Waals surface area (Å²) in [5.74, 6) is 0. The van der Waals surface area contributed by atoms with Gasteiger partial charge in [0.1, 0.15) is 0 Å². The number of rotatable bonds is 5. The molecule has 1 aromatic rings. The van der Waals surface area contributed by atoms with Crippen LogP contribution >= 0.6 is 27.5 Å². The first-order chi connectivity index (χ1) is 9.44. The smallest absolute Gasteiger partial charge is 0.0464 e. The number of halogens is 2. The Morgan fingerprint density at radius 2 is 2.00 bits per heavy atom. The van der Waals surface area contributed by atoms with Crippen molar-refractivity contribution in [2.24, 2.45) is 0 Å². The highest BCUT2D eigenvalue weighted by Gasteiger charge is 2.35. The summed E-state index contributed by atoms with van der Waals surface area (Å²) >= 11 is 9.79. The number of nitrogens with zero attached hydrogens (tertiary/aromatic N) is 1. The standard InChI is InChI=1S/C16H24BrClN2/c1-12(14-7-6-13(17)10-15(14)18)19-11-16(20(2)3)8-4-5-9-16/h6-7,10,12,19H,4-5,8-9,11H2,1-3H3. The van der Waals surface area contributed by atoms with Crippen LogP contribution in [0.5, 0.6) is 0 Å². The quantitative estimate of drug-likeness (QED) is 0.824. The zero-order valence-corrected chi connectivity index (χ0v) is 14.9. The maximum absolute atomic E-state index is 6.34. The summed E-state index contributed by atoms with van der Waals surface area (Å²) in [6.07, 6.45) is 5.25. The molecule has 4 heteroatoms. The van der Waals surface area contributed by atoms with Gasteiger partial charge in [0, 0.05) is 27.6 Å². The third-order valence-corrected chi connectivity index (χ3v) is 5.47. The average molecular weight is 360 g/mol. The number of nitrogens with one attached hydrogen (secondary N) is 1. The Labute approximate surface area is 136 Å². The van der Waals surface area contributed by atoms with E-state index < -0.39 is 0 Å². The van der Waals surface area contributed by atoms with Crippen molar-refractivity contribution in [3.8, 4) is 0 Å². The highest BCUT2D eigenvalue weighted by Crippen LogP contribution is 2.34. The van der Waals surface area contributed by atoms with E-state index in [1.165, 1.54) is 31.2 Å². The zero-order chi connectivity index (χ0) is 14.8. The number of hydrogen-bond acceptors (Lipinski definition) is 2. The van der Waals surface area contributed by atoms with Crippen molar-refractivity contribution < 1.29 is 0 Å². The van der Waals surface area contributed by atoms with Crippen molar-refractivity contribution >= 4 is 27.5 Å². The average Bonchev–Trinajstić information content (AvgIpc) is 2.86. The molecule has 2 nitrogen and oxygen atoms in total. The van der Waals surface area contributed by atoms with Gasteiger partial charge in [0.2, 0.25) is 0 Å². The summed E-state index contributed by atoms with van der Waals surface area (Å²) in [5, 5.41) is 4.51. The zero-order valence-electron chi connectivity index (χ0n) is 12.5. The van der Waals surface area contributed by atoms with Gasteiger partial charge < -0.3 is 10.2 Å². The highest BCUT2D eigenvalue weighted by atomic mass is 79.9. The summed E-state index contributed by atoms with van der Waals surface area (Å²) in [6, 6.07) is 6.39. The van der Waals surface area contributed by atoms with Crippen LogP contribution in [0.2, 0.25) is 5.02 Å². The van der Waals surface area contributed by atoms with Crippen molar-refractivity contribution in [3.05, 3.63) is 33.3 Å². The molecular weight excluding hydrogens is 336 g/mol. The Balaban J connectivity index is 2.02. The first-order valence-corrected chi connectivity index (χ1v) is 8.47. The molecule has 0 spiro atoms. The second-order valence-corrected chi connectivity index (χ2v) is 7.42. The van der Waals surface area contributed by atoms with E-state index in [1.807, 2.05) is 6.07 Å². The Morgan fingerprint density at radius 1 is 1.35 bits per heavy atom. The molecule has 20 heavy (non-hydrogen) atoms. The molecule has 1 N–H and O–H groups in total. The summed E-state index contributed by atoms with van der Waals surface area (Å²) in [6.45, 7) is 3.21. The molecule has 0 aliphatic heterocycles. The lowest BCUT2D eigenvalue weighted by Gasteiger charge is -2.37. The lowest BCUT2D eigenvalue weighted by Crippen LogP contribution is -2.50. The van der Waals surface area contributed by atoms with Gasteiger partial charge in [0.15, 0.2) is 0 Å². The molecule has 0 heterocycles. The molecule has 1 aliphatic carbocycles. The minimum atomic E-state index is 0.271. The molecule has 0 amide bonds. The minimum Gasteiger partial charge on any atom is -0.308 e. The largest absolute Gasteiger partial charge is 0.308 e. The second-order valence-electron chi connectivity index (χ2n) is 6.09. The maximum Gasteiger partial charge on any atom is 0.0464 e. The number of hydrogen-bond donors (Lipinski definition) is 1. The van der Waals surface area contributed by atoms with E-state index in [9.17, 15) is 0 Å². The predicted molar refractivity (Wildman–Crippen MR) is 90.5 cm³/mol. The third-order valence-electron chi connectivity index (χ3n) is 4.65. The fourth-order valence-corrected chi connectivity index (χ4v) is 3.96. The lowest BCUT2D eigenvalue weighted by atomic mass is 9.95. The van der Waals surface area contributed by atoms with Gasteiger partial charge in [-0.2, -0.15) is 0 Å². The molecule has 2 rings (SSSR count). The Hall–Kier alpha value is -0.0900. The van der Waals surface area contributed by atoms with Crippen LogP contribution in [-0.2, 0) is 0 Å². The van der Waals surface area contributed by atoms with Gasteiger partial charge in [-0.1, -0.05) is 46.4 Å². The topological polar surface area (TPSA) is 15.3 Å². The highest BCUT2D eigenvalue weighted by molar-refractivity contribution is 9.10. The first-order valence-electron chi connectivity index (χ1n) is 7.30. The molecule has 1 aliphatic rings. The second kappa shape index (κ2) is 6.78. The molecule has 0 aromatic heterocycles. The fraction of sp³-hybridized carbons (Fsp3) is 0.625. The Kier molecular flexibility index (Phi) is 5.52. The van der Waals surface area contributed by atoms with Crippen molar-refractivity contribution in [2.45, 2.75) is 44.2 Å². The number of likely N-dealkylation sites (N-methyl/N-ethyl adjacent to an activating group) is 1. The van der Waals surface area contributed by atoms with Crippen LogP contribution in [0.3, 0.4) is 0 Å². The summed E-state index contributed by atoms with van der Waals surface area (Å²) in [7, 11) is 4.40. The molecule has 0 saturated heterocycles. The van der Waals surface area contributed by atoms with E-state index in [2.05, 4.69) is 59.3 Å². The van der Waals surface area contributed by atoms with Crippen LogP contribution in [-0.4, -0.2) is 31.1 Å². The molecule has 0 bridgehead atoms. The van der Waals surface area contributed by atoms with Crippen molar-refractivity contribution in [3.63, 3.8) is 0 Å². The molecule has 1 atom stereocenters. The van der Waals surface area contributed by atoms with Gasteiger partial charge >= 0.3 is 0 Å². The molecule has 0 radical (unpaired) electrons. The lowest BCUT2D eigenvalue weighted by molar-refractivity contribution is 0.150. The Bertz CT molecular complexity index is 456.